The van der Waals surface area contributed by atoms with Crippen LogP contribution in [0.3, 0.4) is 0 Å². The van der Waals surface area contributed by atoms with Gasteiger partial charge in [-0.05, 0) is 49.9 Å². The van der Waals surface area contributed by atoms with Crippen molar-refractivity contribution < 1.29 is 28.2 Å². The fraction of sp³-hybridized carbons (Fsp3) is 0.321. The van der Waals surface area contributed by atoms with E-state index in [-0.39, 0.29) is 18.0 Å². The normalized spacial score (nSPS) is 15.2. The Morgan fingerprint density at radius 1 is 1.06 bits per heavy atom. The second-order valence-electron chi connectivity index (χ2n) is 8.77. The van der Waals surface area contributed by atoms with E-state index in [4.69, 9.17) is 9.47 Å². The number of carbonyl (C=O) groups is 3. The minimum atomic E-state index is -1.10. The highest BCUT2D eigenvalue weighted by atomic mass is 32.1. The third kappa shape index (κ3) is 5.18. The highest BCUT2D eigenvalue weighted by Crippen LogP contribution is 2.42. The van der Waals surface area contributed by atoms with Crippen molar-refractivity contribution in [3.05, 3.63) is 76.9 Å². The van der Waals surface area contributed by atoms with Crippen LogP contribution in [0.25, 0.3) is 11.1 Å². The van der Waals surface area contributed by atoms with Crippen molar-refractivity contribution in [2.45, 2.75) is 51.0 Å². The number of hydrogen-bond acceptors (Lipinski definition) is 6. The topological polar surface area (TPSA) is 81.7 Å². The van der Waals surface area contributed by atoms with E-state index in [1.54, 1.807) is 24.4 Å². The van der Waals surface area contributed by atoms with Crippen LogP contribution in [0.4, 0.5) is 9.39 Å². The van der Waals surface area contributed by atoms with Crippen LogP contribution in [-0.2, 0) is 24.5 Å². The van der Waals surface area contributed by atoms with Crippen LogP contribution in [0.5, 0.6) is 0 Å². The molecule has 1 fully saturated rings. The summed E-state index contributed by atoms with van der Waals surface area (Å²) in [5.41, 5.74) is 1.52. The summed E-state index contributed by atoms with van der Waals surface area (Å²) in [7, 11) is 0. The molecular weight excluding hydrogens is 481 g/mol. The minimum Gasteiger partial charge on any atom is -0.462 e. The fourth-order valence-electron chi connectivity index (χ4n) is 4.58. The second kappa shape index (κ2) is 11.0. The number of benzene rings is 2. The van der Waals surface area contributed by atoms with E-state index in [0.29, 0.717) is 29.0 Å². The Balaban J connectivity index is 1.53. The lowest BCUT2D eigenvalue weighted by Crippen LogP contribution is -2.40. The van der Waals surface area contributed by atoms with Gasteiger partial charge in [0.1, 0.15) is 16.4 Å². The highest BCUT2D eigenvalue weighted by molar-refractivity contribution is 7.15. The molecule has 0 bridgehead atoms. The number of carbonyl (C=O) groups excluding carboxylic acids is 3. The quantitative estimate of drug-likeness (QED) is 0.370. The zero-order valence-electron chi connectivity index (χ0n) is 20.2. The van der Waals surface area contributed by atoms with Crippen LogP contribution in [0.1, 0.15) is 55.5 Å². The van der Waals surface area contributed by atoms with E-state index in [1.165, 1.54) is 30.4 Å². The van der Waals surface area contributed by atoms with Gasteiger partial charge in [-0.1, -0.05) is 55.3 Å². The zero-order valence-corrected chi connectivity index (χ0v) is 21.0. The lowest BCUT2D eigenvalue weighted by atomic mass is 9.79. The number of thiophene rings is 1. The predicted octanol–water partition coefficient (Wildman–Crippen LogP) is 6.11. The standard InChI is InChI=1S/C28H28FNO5S/c1-3-34-26(32)23-22(19-9-5-4-6-10-19)17-36-25(23)30-24(31)18(2)35-27(33)28(15-7-8-16-28)20-11-13-21(29)14-12-20/h4-6,9-14,17-18H,3,7-8,15-16H2,1-2H3,(H,30,31). The summed E-state index contributed by atoms with van der Waals surface area (Å²) in [6.45, 7) is 3.40. The number of nitrogens with one attached hydrogen (secondary N) is 1. The number of amides is 1. The third-order valence-corrected chi connectivity index (χ3v) is 7.39. The van der Waals surface area contributed by atoms with Crippen molar-refractivity contribution >= 4 is 34.2 Å². The van der Waals surface area contributed by atoms with Crippen LogP contribution in [0.2, 0.25) is 0 Å². The van der Waals surface area contributed by atoms with Crippen molar-refractivity contribution in [2.24, 2.45) is 0 Å². The van der Waals surface area contributed by atoms with Gasteiger partial charge in [-0.2, -0.15) is 0 Å². The summed E-state index contributed by atoms with van der Waals surface area (Å²) in [6.07, 6.45) is 1.72. The second-order valence-corrected chi connectivity index (χ2v) is 9.65. The lowest BCUT2D eigenvalue weighted by molar-refractivity contribution is -0.159. The first kappa shape index (κ1) is 25.6. The molecular formula is C28H28FNO5S. The van der Waals surface area contributed by atoms with Crippen LogP contribution < -0.4 is 5.32 Å². The molecule has 188 valence electrons. The van der Waals surface area contributed by atoms with Crippen molar-refractivity contribution in [1.29, 1.82) is 0 Å². The van der Waals surface area contributed by atoms with E-state index < -0.39 is 29.4 Å². The molecule has 2 aromatic carbocycles. The Kier molecular flexibility index (Phi) is 7.84. The maximum atomic E-state index is 13.5. The molecule has 3 aromatic rings. The number of anilines is 1. The molecule has 1 aliphatic rings. The third-order valence-electron chi connectivity index (χ3n) is 6.49. The Morgan fingerprint density at radius 3 is 2.36 bits per heavy atom. The molecule has 4 rings (SSSR count). The summed E-state index contributed by atoms with van der Waals surface area (Å²) >= 11 is 1.20. The van der Waals surface area contributed by atoms with Gasteiger partial charge in [-0.3, -0.25) is 9.59 Å². The molecule has 1 saturated carbocycles. The molecule has 1 unspecified atom stereocenters. The van der Waals surface area contributed by atoms with Crippen LogP contribution in [-0.4, -0.2) is 30.6 Å². The maximum Gasteiger partial charge on any atom is 0.341 e. The molecule has 0 radical (unpaired) electrons. The average molecular weight is 510 g/mol. The summed E-state index contributed by atoms with van der Waals surface area (Å²) in [5.74, 6) is -1.98. The van der Waals surface area contributed by atoms with Crippen LogP contribution >= 0.6 is 11.3 Å². The van der Waals surface area contributed by atoms with Gasteiger partial charge in [0, 0.05) is 10.9 Å². The van der Waals surface area contributed by atoms with Gasteiger partial charge in [-0.25, -0.2) is 9.18 Å². The van der Waals surface area contributed by atoms with Crippen molar-refractivity contribution in [2.75, 3.05) is 11.9 Å². The first-order valence-corrected chi connectivity index (χ1v) is 12.9. The number of hydrogen-bond donors (Lipinski definition) is 1. The Hall–Kier alpha value is -3.52. The van der Waals surface area contributed by atoms with Crippen LogP contribution in [0.15, 0.2) is 60.0 Å². The van der Waals surface area contributed by atoms with E-state index in [9.17, 15) is 18.8 Å². The molecule has 1 amide bonds. The number of esters is 2. The number of rotatable bonds is 8. The lowest BCUT2D eigenvalue weighted by Gasteiger charge is -2.28. The SMILES string of the molecule is CCOC(=O)c1c(-c2ccccc2)csc1NC(=O)C(C)OC(=O)C1(c2ccc(F)cc2)CCCC1. The maximum absolute atomic E-state index is 13.5. The van der Waals surface area contributed by atoms with E-state index in [2.05, 4.69) is 5.32 Å². The van der Waals surface area contributed by atoms with Crippen molar-refractivity contribution in [3.8, 4) is 11.1 Å². The molecule has 36 heavy (non-hydrogen) atoms. The van der Waals surface area contributed by atoms with Gasteiger partial charge in [-0.15, -0.1) is 11.3 Å². The molecule has 8 heteroatoms. The molecule has 0 saturated heterocycles. The van der Waals surface area contributed by atoms with Gasteiger partial charge < -0.3 is 14.8 Å². The zero-order chi connectivity index (χ0) is 25.7. The Labute approximate surface area is 213 Å². The molecule has 1 aliphatic carbocycles. The fourth-order valence-corrected chi connectivity index (χ4v) is 5.54. The van der Waals surface area contributed by atoms with Gasteiger partial charge >= 0.3 is 11.9 Å². The van der Waals surface area contributed by atoms with Crippen molar-refractivity contribution in [3.63, 3.8) is 0 Å². The van der Waals surface area contributed by atoms with E-state index >= 15 is 0 Å². The average Bonchev–Trinajstić information content (AvgIpc) is 3.54. The molecule has 1 heterocycles. The van der Waals surface area contributed by atoms with Crippen LogP contribution in [0, 0.1) is 5.82 Å². The molecule has 1 atom stereocenters. The molecule has 0 aliphatic heterocycles. The van der Waals surface area contributed by atoms with Gasteiger partial charge in [0.15, 0.2) is 6.10 Å². The number of ether oxygens (including phenoxy) is 2. The van der Waals surface area contributed by atoms with E-state index in [0.717, 1.165) is 18.4 Å². The van der Waals surface area contributed by atoms with Gasteiger partial charge in [0.2, 0.25) is 0 Å². The molecule has 1 N–H and O–H groups in total. The largest absolute Gasteiger partial charge is 0.462 e. The first-order valence-electron chi connectivity index (χ1n) is 12.0. The highest BCUT2D eigenvalue weighted by Gasteiger charge is 2.45. The van der Waals surface area contributed by atoms with Gasteiger partial charge in [0.25, 0.3) is 5.91 Å². The van der Waals surface area contributed by atoms with Gasteiger partial charge in [0.05, 0.1) is 12.0 Å². The summed E-state index contributed by atoms with van der Waals surface area (Å²) in [4.78, 5) is 39.1. The van der Waals surface area contributed by atoms with E-state index in [1.807, 2.05) is 30.3 Å². The number of halogens is 1. The summed E-state index contributed by atoms with van der Waals surface area (Å²) in [6, 6.07) is 15.2. The first-order chi connectivity index (χ1) is 17.4. The summed E-state index contributed by atoms with van der Waals surface area (Å²) in [5, 5.41) is 4.86. The molecule has 0 spiro atoms. The Bertz CT molecular complexity index is 1230. The summed E-state index contributed by atoms with van der Waals surface area (Å²) < 4.78 is 24.3. The predicted molar refractivity (Wildman–Crippen MR) is 136 cm³/mol. The minimum absolute atomic E-state index is 0.190. The van der Waals surface area contributed by atoms with Crippen molar-refractivity contribution in [1.82, 2.24) is 0 Å². The monoisotopic (exact) mass is 509 g/mol. The molecule has 1 aromatic heterocycles. The molecule has 6 nitrogen and oxygen atoms in total. The smallest absolute Gasteiger partial charge is 0.341 e. The Morgan fingerprint density at radius 2 is 1.72 bits per heavy atom.